The second kappa shape index (κ2) is 6.53. The smallest absolute Gasteiger partial charge is 0.143 e. The van der Waals surface area contributed by atoms with Gasteiger partial charge in [0, 0.05) is 6.54 Å². The molecule has 1 unspecified atom stereocenters. The maximum atomic E-state index is 5.96. The molecule has 0 spiro atoms. The molecule has 1 aromatic rings. The van der Waals surface area contributed by atoms with E-state index in [0.29, 0.717) is 11.6 Å². The minimum Gasteiger partial charge on any atom is -0.495 e. The first-order valence-corrected chi connectivity index (χ1v) is 6.73. The minimum atomic E-state index is 0.626. The van der Waals surface area contributed by atoms with Crippen molar-refractivity contribution in [2.24, 2.45) is 5.92 Å². The Hall–Kier alpha value is -1.03. The number of ether oxygens (including phenoxy) is 1. The molecule has 0 amide bonds. The molecule has 0 aliphatic carbocycles. The van der Waals surface area contributed by atoms with Crippen molar-refractivity contribution in [3.05, 3.63) is 18.2 Å². The maximum Gasteiger partial charge on any atom is 0.143 e. The van der Waals surface area contributed by atoms with Gasteiger partial charge in [-0.15, -0.1) is 0 Å². The first-order chi connectivity index (χ1) is 7.69. The molecule has 0 aromatic heterocycles. The van der Waals surface area contributed by atoms with Crippen LogP contribution in [0.15, 0.2) is 18.2 Å². The van der Waals surface area contributed by atoms with Crippen molar-refractivity contribution < 1.29 is 4.74 Å². The van der Waals surface area contributed by atoms with E-state index in [9.17, 15) is 0 Å². The molecule has 90 valence electrons. The molecule has 4 heteroatoms. The van der Waals surface area contributed by atoms with Crippen LogP contribution in [-0.4, -0.2) is 25.7 Å². The van der Waals surface area contributed by atoms with Crippen LogP contribution in [0.5, 0.6) is 5.75 Å². The lowest BCUT2D eigenvalue weighted by Crippen LogP contribution is -2.14. The number of hydrogen-bond acceptors (Lipinski definition) is 4. The summed E-state index contributed by atoms with van der Waals surface area (Å²) in [5, 5.41) is 3.35. The topological polar surface area (TPSA) is 47.3 Å². The Morgan fingerprint density at radius 3 is 2.88 bits per heavy atom. The molecule has 1 aromatic carbocycles. The van der Waals surface area contributed by atoms with E-state index in [4.69, 9.17) is 10.5 Å². The van der Waals surface area contributed by atoms with E-state index in [1.807, 2.05) is 30.0 Å². The number of hydrogen-bond donors (Lipinski definition) is 2. The van der Waals surface area contributed by atoms with E-state index in [1.165, 1.54) is 0 Å². The number of thioether (sulfide) groups is 1. The van der Waals surface area contributed by atoms with E-state index >= 15 is 0 Å². The molecule has 0 fully saturated rings. The number of methoxy groups -OCH3 is 1. The molecule has 0 saturated carbocycles. The predicted octanol–water partition coefficient (Wildman–Crippen LogP) is 2.69. The van der Waals surface area contributed by atoms with Gasteiger partial charge in [0.15, 0.2) is 0 Å². The fraction of sp³-hybridized carbons (Fsp3) is 0.500. The van der Waals surface area contributed by atoms with E-state index in [-0.39, 0.29) is 0 Å². The van der Waals surface area contributed by atoms with Gasteiger partial charge in [0.25, 0.3) is 0 Å². The van der Waals surface area contributed by atoms with Gasteiger partial charge >= 0.3 is 0 Å². The molecule has 0 heterocycles. The zero-order chi connectivity index (χ0) is 12.0. The van der Waals surface area contributed by atoms with Gasteiger partial charge in [-0.1, -0.05) is 13.0 Å². The van der Waals surface area contributed by atoms with Crippen LogP contribution in [0.25, 0.3) is 0 Å². The van der Waals surface area contributed by atoms with Crippen molar-refractivity contribution >= 4 is 23.1 Å². The summed E-state index contributed by atoms with van der Waals surface area (Å²) in [5.74, 6) is 2.50. The van der Waals surface area contributed by atoms with Gasteiger partial charge in [0.2, 0.25) is 0 Å². The fourth-order valence-corrected chi connectivity index (χ4v) is 2.19. The van der Waals surface area contributed by atoms with Crippen molar-refractivity contribution in [2.75, 3.05) is 36.7 Å². The Morgan fingerprint density at radius 2 is 2.25 bits per heavy atom. The van der Waals surface area contributed by atoms with Crippen LogP contribution < -0.4 is 15.8 Å². The number of para-hydroxylation sites is 1. The molecule has 16 heavy (non-hydrogen) atoms. The van der Waals surface area contributed by atoms with Crippen molar-refractivity contribution in [1.29, 1.82) is 0 Å². The summed E-state index contributed by atoms with van der Waals surface area (Å²) in [5.41, 5.74) is 7.59. The van der Waals surface area contributed by atoms with Crippen LogP contribution in [0.4, 0.5) is 11.4 Å². The molecule has 1 atom stereocenters. The van der Waals surface area contributed by atoms with Crippen molar-refractivity contribution in [1.82, 2.24) is 0 Å². The summed E-state index contributed by atoms with van der Waals surface area (Å²) in [6, 6.07) is 5.78. The Bertz CT molecular complexity index is 331. The van der Waals surface area contributed by atoms with E-state index in [1.54, 1.807) is 7.11 Å². The van der Waals surface area contributed by atoms with Crippen LogP contribution in [0, 0.1) is 5.92 Å². The number of rotatable bonds is 6. The van der Waals surface area contributed by atoms with Gasteiger partial charge in [-0.05, 0) is 30.1 Å². The molecule has 3 nitrogen and oxygen atoms in total. The van der Waals surface area contributed by atoms with Crippen LogP contribution >= 0.6 is 11.8 Å². The SMILES string of the molecule is COc1cccc(NCC(C)CSC)c1N. The van der Waals surface area contributed by atoms with Gasteiger partial charge in [-0.2, -0.15) is 11.8 Å². The first kappa shape index (κ1) is 13.0. The average Bonchev–Trinajstić information content (AvgIpc) is 2.28. The summed E-state index contributed by atoms with van der Waals surface area (Å²) >= 11 is 1.86. The molecular weight excluding hydrogens is 220 g/mol. The molecule has 0 bridgehead atoms. The van der Waals surface area contributed by atoms with Gasteiger partial charge in [-0.3, -0.25) is 0 Å². The molecule has 1 rings (SSSR count). The van der Waals surface area contributed by atoms with Crippen LogP contribution in [0.2, 0.25) is 0 Å². The summed E-state index contributed by atoms with van der Waals surface area (Å²) in [4.78, 5) is 0. The lowest BCUT2D eigenvalue weighted by molar-refractivity contribution is 0.417. The first-order valence-electron chi connectivity index (χ1n) is 5.34. The Morgan fingerprint density at radius 1 is 1.50 bits per heavy atom. The third kappa shape index (κ3) is 3.52. The number of anilines is 2. The van der Waals surface area contributed by atoms with Gasteiger partial charge in [0.1, 0.15) is 5.75 Å². The predicted molar refractivity (Wildman–Crippen MR) is 73.4 cm³/mol. The van der Waals surface area contributed by atoms with Crippen molar-refractivity contribution in [3.8, 4) is 5.75 Å². The molecular formula is C12H20N2OS. The lowest BCUT2D eigenvalue weighted by Gasteiger charge is -2.15. The quantitative estimate of drug-likeness (QED) is 0.751. The monoisotopic (exact) mass is 240 g/mol. The Labute approximate surface area is 102 Å². The van der Waals surface area contributed by atoms with Gasteiger partial charge in [-0.25, -0.2) is 0 Å². The number of benzene rings is 1. The molecule has 3 N–H and O–H groups in total. The molecule has 0 saturated heterocycles. The molecule has 0 aliphatic heterocycles. The van der Waals surface area contributed by atoms with Crippen molar-refractivity contribution in [3.63, 3.8) is 0 Å². The Kier molecular flexibility index (Phi) is 5.32. The van der Waals surface area contributed by atoms with Crippen LogP contribution in [-0.2, 0) is 0 Å². The second-order valence-corrected chi connectivity index (χ2v) is 4.77. The highest BCUT2D eigenvalue weighted by Gasteiger charge is 2.06. The third-order valence-corrected chi connectivity index (χ3v) is 3.28. The Balaban J connectivity index is 2.60. The highest BCUT2D eigenvalue weighted by molar-refractivity contribution is 7.98. The zero-order valence-electron chi connectivity index (χ0n) is 10.1. The third-order valence-electron chi connectivity index (χ3n) is 2.38. The number of nitrogens with two attached hydrogens (primary N) is 1. The van der Waals surface area contributed by atoms with E-state index in [2.05, 4.69) is 18.5 Å². The average molecular weight is 240 g/mol. The normalized spacial score (nSPS) is 12.2. The largest absolute Gasteiger partial charge is 0.495 e. The molecule has 0 aliphatic rings. The second-order valence-electron chi connectivity index (χ2n) is 3.86. The van der Waals surface area contributed by atoms with E-state index in [0.717, 1.165) is 23.7 Å². The van der Waals surface area contributed by atoms with E-state index < -0.39 is 0 Å². The summed E-state index contributed by atoms with van der Waals surface area (Å²) in [7, 11) is 1.63. The highest BCUT2D eigenvalue weighted by atomic mass is 32.2. The fourth-order valence-electron chi connectivity index (χ4n) is 1.50. The van der Waals surface area contributed by atoms with Gasteiger partial charge < -0.3 is 15.8 Å². The minimum absolute atomic E-state index is 0.626. The summed E-state index contributed by atoms with van der Waals surface area (Å²) < 4.78 is 5.17. The lowest BCUT2D eigenvalue weighted by atomic mass is 10.2. The zero-order valence-corrected chi connectivity index (χ0v) is 10.9. The highest BCUT2D eigenvalue weighted by Crippen LogP contribution is 2.28. The van der Waals surface area contributed by atoms with Gasteiger partial charge in [0.05, 0.1) is 18.5 Å². The standard InChI is InChI=1S/C12H20N2OS/c1-9(8-16-3)7-14-10-5-4-6-11(15-2)12(10)13/h4-6,9,14H,7-8,13H2,1-3H3. The number of nitrogen functional groups attached to an aromatic ring is 1. The summed E-state index contributed by atoms with van der Waals surface area (Å²) in [6.07, 6.45) is 2.12. The van der Waals surface area contributed by atoms with Crippen LogP contribution in [0.1, 0.15) is 6.92 Å². The summed E-state index contributed by atoms with van der Waals surface area (Å²) in [6.45, 7) is 3.15. The maximum absolute atomic E-state index is 5.96. The van der Waals surface area contributed by atoms with Crippen molar-refractivity contribution in [2.45, 2.75) is 6.92 Å². The van der Waals surface area contributed by atoms with Crippen LogP contribution in [0.3, 0.4) is 0 Å². The number of nitrogens with one attached hydrogen (secondary N) is 1. The molecule has 0 radical (unpaired) electrons.